The average molecular weight is 480 g/mol. The van der Waals surface area contributed by atoms with E-state index in [9.17, 15) is 10.1 Å². The number of amides is 1. The Morgan fingerprint density at radius 1 is 1.24 bits per heavy atom. The van der Waals surface area contributed by atoms with Gasteiger partial charge in [-0.1, -0.05) is 35.5 Å². The number of ether oxygens (including phenoxy) is 1. The molecule has 2 aromatic heterocycles. The van der Waals surface area contributed by atoms with Crippen LogP contribution in [0.5, 0.6) is 5.75 Å². The van der Waals surface area contributed by atoms with Crippen molar-refractivity contribution in [3.63, 3.8) is 0 Å². The number of halogens is 1. The molecule has 0 aliphatic carbocycles. The average Bonchev–Trinajstić information content (AvgIpc) is 3.48. The molecule has 33 heavy (non-hydrogen) atoms. The summed E-state index contributed by atoms with van der Waals surface area (Å²) in [6, 6.07) is 17.9. The van der Waals surface area contributed by atoms with Crippen LogP contribution in [-0.2, 0) is 11.3 Å². The summed E-state index contributed by atoms with van der Waals surface area (Å²) >= 11 is 7.22. The molecule has 0 radical (unpaired) electrons. The lowest BCUT2D eigenvalue weighted by atomic mass is 10.2. The fraction of sp³-hybridized carbons (Fsp3) is 0.130. The van der Waals surface area contributed by atoms with Crippen molar-refractivity contribution in [2.24, 2.45) is 0 Å². The zero-order valence-corrected chi connectivity index (χ0v) is 19.1. The first-order valence-corrected chi connectivity index (χ1v) is 11.2. The van der Waals surface area contributed by atoms with Gasteiger partial charge in [0.2, 0.25) is 5.91 Å². The second kappa shape index (κ2) is 10.3. The molecule has 0 unspecified atom stereocenters. The molecule has 4 aromatic rings. The van der Waals surface area contributed by atoms with Crippen LogP contribution in [0.2, 0.25) is 5.02 Å². The summed E-state index contributed by atoms with van der Waals surface area (Å²) in [6.45, 7) is 0.392. The summed E-state index contributed by atoms with van der Waals surface area (Å²) in [5, 5.41) is 21.6. The van der Waals surface area contributed by atoms with Gasteiger partial charge in [0.25, 0.3) is 0 Å². The summed E-state index contributed by atoms with van der Waals surface area (Å²) < 4.78 is 12.7. The number of nitrogens with one attached hydrogen (secondary N) is 1. The first-order valence-electron chi connectivity index (χ1n) is 9.79. The topological polar surface area (TPSA) is 106 Å². The minimum atomic E-state index is -0.297. The Morgan fingerprint density at radius 3 is 2.88 bits per heavy atom. The van der Waals surface area contributed by atoms with Crippen molar-refractivity contribution in [3.8, 4) is 23.2 Å². The van der Waals surface area contributed by atoms with Gasteiger partial charge in [0.05, 0.1) is 36.9 Å². The SMILES string of the molecule is COc1cccc(-c2nnc(SCC(=O)Nc3cc(Cl)ccc3C#N)n2Cc2ccco2)c1. The number of carbonyl (C=O) groups excluding carboxylic acids is 1. The van der Waals surface area contributed by atoms with E-state index in [1.54, 1.807) is 31.6 Å². The number of methoxy groups -OCH3 is 1. The van der Waals surface area contributed by atoms with Gasteiger partial charge in [0, 0.05) is 10.6 Å². The molecule has 0 atom stereocenters. The molecular weight excluding hydrogens is 462 g/mol. The summed E-state index contributed by atoms with van der Waals surface area (Å²) in [5.41, 5.74) is 1.52. The largest absolute Gasteiger partial charge is 0.497 e. The first-order chi connectivity index (χ1) is 16.1. The second-order valence-electron chi connectivity index (χ2n) is 6.84. The van der Waals surface area contributed by atoms with Crippen molar-refractivity contribution in [2.75, 3.05) is 18.2 Å². The van der Waals surface area contributed by atoms with Crippen molar-refractivity contribution in [2.45, 2.75) is 11.7 Å². The summed E-state index contributed by atoms with van der Waals surface area (Å²) in [5.74, 6) is 1.81. The third-order valence-corrected chi connectivity index (χ3v) is 5.85. The molecule has 1 N–H and O–H groups in total. The number of aromatic nitrogens is 3. The van der Waals surface area contributed by atoms with E-state index in [0.717, 1.165) is 11.3 Å². The lowest BCUT2D eigenvalue weighted by Gasteiger charge is -2.10. The predicted octanol–water partition coefficient (Wildman–Crippen LogP) is 4.85. The fourth-order valence-corrected chi connectivity index (χ4v) is 4.02. The summed E-state index contributed by atoms with van der Waals surface area (Å²) in [7, 11) is 1.60. The number of rotatable bonds is 8. The monoisotopic (exact) mass is 479 g/mol. The number of nitriles is 1. The third kappa shape index (κ3) is 5.37. The number of thioether (sulfide) groups is 1. The van der Waals surface area contributed by atoms with E-state index in [2.05, 4.69) is 15.5 Å². The van der Waals surface area contributed by atoms with Crippen LogP contribution in [-0.4, -0.2) is 33.5 Å². The Hall–Kier alpha value is -3.74. The molecule has 4 rings (SSSR count). The van der Waals surface area contributed by atoms with Crippen LogP contribution in [0.15, 0.2) is 70.4 Å². The van der Waals surface area contributed by atoms with Gasteiger partial charge in [0.15, 0.2) is 11.0 Å². The van der Waals surface area contributed by atoms with Crippen LogP contribution in [0.4, 0.5) is 5.69 Å². The van der Waals surface area contributed by atoms with Crippen molar-refractivity contribution in [1.82, 2.24) is 14.8 Å². The lowest BCUT2D eigenvalue weighted by Crippen LogP contribution is -2.15. The highest BCUT2D eigenvalue weighted by molar-refractivity contribution is 7.99. The molecule has 0 saturated heterocycles. The first kappa shape index (κ1) is 22.5. The Morgan fingerprint density at radius 2 is 2.12 bits per heavy atom. The van der Waals surface area contributed by atoms with Gasteiger partial charge in [0.1, 0.15) is 17.6 Å². The third-order valence-electron chi connectivity index (χ3n) is 4.65. The molecule has 1 amide bonds. The predicted molar refractivity (Wildman–Crippen MR) is 125 cm³/mol. The summed E-state index contributed by atoms with van der Waals surface area (Å²) in [6.07, 6.45) is 1.60. The number of hydrogen-bond donors (Lipinski definition) is 1. The van der Waals surface area contributed by atoms with Gasteiger partial charge < -0.3 is 14.5 Å². The second-order valence-corrected chi connectivity index (χ2v) is 8.22. The highest BCUT2D eigenvalue weighted by atomic mass is 35.5. The van der Waals surface area contributed by atoms with Crippen LogP contribution in [0.25, 0.3) is 11.4 Å². The quantitative estimate of drug-likeness (QED) is 0.360. The fourth-order valence-electron chi connectivity index (χ4n) is 3.11. The Kier molecular flexibility index (Phi) is 6.98. The normalized spacial score (nSPS) is 10.6. The smallest absolute Gasteiger partial charge is 0.234 e. The van der Waals surface area contributed by atoms with E-state index in [0.29, 0.717) is 39.5 Å². The van der Waals surface area contributed by atoms with E-state index in [4.69, 9.17) is 20.8 Å². The molecule has 166 valence electrons. The van der Waals surface area contributed by atoms with E-state index >= 15 is 0 Å². The zero-order chi connectivity index (χ0) is 23.2. The van der Waals surface area contributed by atoms with Crippen molar-refractivity contribution in [1.29, 1.82) is 5.26 Å². The Bertz CT molecular complexity index is 1310. The Balaban J connectivity index is 1.56. The Labute approximate surface area is 199 Å². The van der Waals surface area contributed by atoms with E-state index in [1.165, 1.54) is 11.8 Å². The van der Waals surface area contributed by atoms with Gasteiger partial charge in [-0.2, -0.15) is 5.26 Å². The van der Waals surface area contributed by atoms with Gasteiger partial charge >= 0.3 is 0 Å². The summed E-state index contributed by atoms with van der Waals surface area (Å²) in [4.78, 5) is 12.6. The van der Waals surface area contributed by atoms with Crippen LogP contribution in [0.3, 0.4) is 0 Å². The minimum Gasteiger partial charge on any atom is -0.497 e. The number of benzene rings is 2. The van der Waals surface area contributed by atoms with Gasteiger partial charge in [-0.05, 0) is 42.5 Å². The van der Waals surface area contributed by atoms with Crippen LogP contribution in [0, 0.1) is 11.3 Å². The molecule has 2 heterocycles. The molecule has 0 aliphatic rings. The van der Waals surface area contributed by atoms with E-state index in [-0.39, 0.29) is 11.7 Å². The van der Waals surface area contributed by atoms with Gasteiger partial charge in [-0.15, -0.1) is 10.2 Å². The molecule has 0 saturated carbocycles. The lowest BCUT2D eigenvalue weighted by molar-refractivity contribution is -0.113. The van der Waals surface area contributed by atoms with Crippen LogP contribution in [0.1, 0.15) is 11.3 Å². The van der Waals surface area contributed by atoms with Crippen molar-refractivity contribution in [3.05, 3.63) is 77.2 Å². The van der Waals surface area contributed by atoms with E-state index < -0.39 is 0 Å². The maximum Gasteiger partial charge on any atom is 0.234 e. The maximum absolute atomic E-state index is 12.6. The molecule has 0 bridgehead atoms. The van der Waals surface area contributed by atoms with Gasteiger partial charge in [-0.3, -0.25) is 9.36 Å². The van der Waals surface area contributed by atoms with Crippen LogP contribution < -0.4 is 10.1 Å². The molecule has 0 fully saturated rings. The van der Waals surface area contributed by atoms with Crippen molar-refractivity contribution < 1.29 is 13.9 Å². The minimum absolute atomic E-state index is 0.0613. The maximum atomic E-state index is 12.6. The standard InChI is InChI=1S/C23H18ClN5O3S/c1-31-18-5-2-4-15(10-18)22-27-28-23(29(22)13-19-6-3-9-32-19)33-14-21(30)26-20-11-17(24)8-7-16(20)12-25/h2-11H,13-14H2,1H3,(H,26,30). The molecule has 0 aliphatic heterocycles. The van der Waals surface area contributed by atoms with Crippen molar-refractivity contribution >= 4 is 35.0 Å². The molecule has 10 heteroatoms. The number of furan rings is 1. The number of carbonyl (C=O) groups is 1. The molecule has 8 nitrogen and oxygen atoms in total. The highest BCUT2D eigenvalue weighted by Crippen LogP contribution is 2.28. The van der Waals surface area contributed by atoms with Gasteiger partial charge in [-0.25, -0.2) is 0 Å². The number of nitrogens with zero attached hydrogens (tertiary/aromatic N) is 4. The number of anilines is 1. The molecule has 0 spiro atoms. The van der Waals surface area contributed by atoms with Crippen LogP contribution >= 0.6 is 23.4 Å². The van der Waals surface area contributed by atoms with E-state index in [1.807, 2.05) is 47.0 Å². The molecule has 2 aromatic carbocycles. The highest BCUT2D eigenvalue weighted by Gasteiger charge is 2.18. The molecular formula is C23H18ClN5O3S. The zero-order valence-electron chi connectivity index (χ0n) is 17.5. The number of hydrogen-bond acceptors (Lipinski definition) is 7.